The van der Waals surface area contributed by atoms with Gasteiger partial charge in [0.25, 0.3) is 0 Å². The third-order valence-electron chi connectivity index (χ3n) is 2.03. The fourth-order valence-corrected chi connectivity index (χ4v) is 1.31. The smallest absolute Gasteiger partial charge is 0.165 e. The Labute approximate surface area is 88.7 Å². The second kappa shape index (κ2) is 5.68. The van der Waals surface area contributed by atoms with Gasteiger partial charge in [-0.2, -0.15) is 0 Å². The summed E-state index contributed by atoms with van der Waals surface area (Å²) in [6.07, 6.45) is 0.458. The summed E-state index contributed by atoms with van der Waals surface area (Å²) in [5, 5.41) is 8.76. The number of halogens is 1. The maximum Gasteiger partial charge on any atom is 0.165 e. The summed E-state index contributed by atoms with van der Waals surface area (Å²) in [6, 6.07) is 4.38. The molecule has 0 aromatic heterocycles. The monoisotopic (exact) mass is 213 g/mol. The summed E-state index contributed by atoms with van der Waals surface area (Å²) in [7, 11) is 0. The van der Waals surface area contributed by atoms with Gasteiger partial charge < -0.3 is 15.6 Å². The summed E-state index contributed by atoms with van der Waals surface area (Å²) in [5.41, 5.74) is 6.31. The Kier molecular flexibility index (Phi) is 4.52. The molecule has 1 unspecified atom stereocenters. The first kappa shape index (κ1) is 11.9. The van der Waals surface area contributed by atoms with Crippen LogP contribution in [-0.4, -0.2) is 24.4 Å². The highest BCUT2D eigenvalue weighted by Crippen LogP contribution is 2.18. The van der Waals surface area contributed by atoms with Gasteiger partial charge in [-0.25, -0.2) is 4.39 Å². The zero-order valence-electron chi connectivity index (χ0n) is 8.74. The third-order valence-corrected chi connectivity index (χ3v) is 2.03. The predicted octanol–water partition coefficient (Wildman–Crippen LogP) is 1.09. The van der Waals surface area contributed by atoms with Crippen molar-refractivity contribution < 1.29 is 14.2 Å². The Morgan fingerprint density at radius 2 is 2.27 bits per heavy atom. The van der Waals surface area contributed by atoms with Gasteiger partial charge in [-0.15, -0.1) is 0 Å². The van der Waals surface area contributed by atoms with Crippen LogP contribution in [0, 0.1) is 5.82 Å². The number of aliphatic hydroxyl groups excluding tert-OH is 1. The van der Waals surface area contributed by atoms with Crippen molar-refractivity contribution in [1.29, 1.82) is 0 Å². The van der Waals surface area contributed by atoms with E-state index in [1.54, 1.807) is 19.1 Å². The van der Waals surface area contributed by atoms with E-state index < -0.39 is 0 Å². The lowest BCUT2D eigenvalue weighted by molar-refractivity contribution is 0.265. The SMILES string of the molecule is CCOc1ccc(CC(N)CO)cc1F. The van der Waals surface area contributed by atoms with Crippen LogP contribution >= 0.6 is 0 Å². The van der Waals surface area contributed by atoms with E-state index in [0.29, 0.717) is 13.0 Å². The Morgan fingerprint density at radius 1 is 1.53 bits per heavy atom. The molecule has 1 aromatic rings. The van der Waals surface area contributed by atoms with E-state index in [9.17, 15) is 4.39 Å². The number of nitrogens with two attached hydrogens (primary N) is 1. The highest BCUT2D eigenvalue weighted by molar-refractivity contribution is 5.29. The molecule has 15 heavy (non-hydrogen) atoms. The lowest BCUT2D eigenvalue weighted by Gasteiger charge is -2.09. The summed E-state index contributed by atoms with van der Waals surface area (Å²) in [6.45, 7) is 2.14. The number of hydrogen-bond donors (Lipinski definition) is 2. The number of ether oxygens (including phenoxy) is 1. The Morgan fingerprint density at radius 3 is 2.80 bits per heavy atom. The van der Waals surface area contributed by atoms with E-state index >= 15 is 0 Å². The van der Waals surface area contributed by atoms with E-state index in [0.717, 1.165) is 5.56 Å². The molecule has 4 heteroatoms. The number of rotatable bonds is 5. The van der Waals surface area contributed by atoms with Crippen molar-refractivity contribution >= 4 is 0 Å². The van der Waals surface area contributed by atoms with Crippen LogP contribution in [0.1, 0.15) is 12.5 Å². The lowest BCUT2D eigenvalue weighted by atomic mass is 10.1. The standard InChI is InChI=1S/C11H16FNO2/c1-2-15-11-4-3-8(6-10(11)12)5-9(13)7-14/h3-4,6,9,14H,2,5,7,13H2,1H3. The maximum absolute atomic E-state index is 13.4. The van der Waals surface area contributed by atoms with Gasteiger partial charge in [-0.05, 0) is 31.0 Å². The summed E-state index contributed by atoms with van der Waals surface area (Å²) in [5.74, 6) is -0.140. The van der Waals surface area contributed by atoms with E-state index in [-0.39, 0.29) is 24.2 Å². The molecule has 0 aliphatic heterocycles. The molecule has 0 bridgehead atoms. The molecule has 3 nitrogen and oxygen atoms in total. The zero-order chi connectivity index (χ0) is 11.3. The van der Waals surface area contributed by atoms with Gasteiger partial charge in [-0.3, -0.25) is 0 Å². The average Bonchev–Trinajstić information content (AvgIpc) is 2.22. The maximum atomic E-state index is 13.4. The van der Waals surface area contributed by atoms with Crippen molar-refractivity contribution in [2.24, 2.45) is 5.73 Å². The van der Waals surface area contributed by atoms with Crippen LogP contribution in [-0.2, 0) is 6.42 Å². The number of benzene rings is 1. The molecule has 0 spiro atoms. The molecule has 3 N–H and O–H groups in total. The highest BCUT2D eigenvalue weighted by atomic mass is 19.1. The van der Waals surface area contributed by atoms with Crippen LogP contribution in [0.2, 0.25) is 0 Å². The number of aliphatic hydroxyl groups is 1. The summed E-state index contributed by atoms with van der Waals surface area (Å²) >= 11 is 0. The molecule has 0 fully saturated rings. The fourth-order valence-electron chi connectivity index (χ4n) is 1.31. The predicted molar refractivity (Wildman–Crippen MR) is 56.3 cm³/mol. The molecule has 0 amide bonds. The van der Waals surface area contributed by atoms with Crippen LogP contribution in [0.25, 0.3) is 0 Å². The van der Waals surface area contributed by atoms with Gasteiger partial charge in [0.1, 0.15) is 0 Å². The van der Waals surface area contributed by atoms with Crippen LogP contribution in [0.5, 0.6) is 5.75 Å². The van der Waals surface area contributed by atoms with Crippen LogP contribution in [0.3, 0.4) is 0 Å². The normalized spacial score (nSPS) is 12.5. The van der Waals surface area contributed by atoms with E-state index in [1.807, 2.05) is 0 Å². The molecule has 0 saturated carbocycles. The van der Waals surface area contributed by atoms with Gasteiger partial charge in [0.2, 0.25) is 0 Å². The molecule has 84 valence electrons. The Balaban J connectivity index is 2.73. The van der Waals surface area contributed by atoms with E-state index in [2.05, 4.69) is 0 Å². The van der Waals surface area contributed by atoms with E-state index in [4.69, 9.17) is 15.6 Å². The largest absolute Gasteiger partial charge is 0.491 e. The minimum absolute atomic E-state index is 0.102. The Bertz CT molecular complexity index is 317. The minimum atomic E-state index is -0.389. The summed E-state index contributed by atoms with van der Waals surface area (Å²) in [4.78, 5) is 0. The first-order valence-corrected chi connectivity index (χ1v) is 4.95. The summed E-state index contributed by atoms with van der Waals surface area (Å²) < 4.78 is 18.4. The van der Waals surface area contributed by atoms with Crippen molar-refractivity contribution in [2.45, 2.75) is 19.4 Å². The van der Waals surface area contributed by atoms with Crippen LogP contribution in [0.4, 0.5) is 4.39 Å². The molecule has 0 radical (unpaired) electrons. The zero-order valence-corrected chi connectivity index (χ0v) is 8.74. The van der Waals surface area contributed by atoms with Gasteiger partial charge >= 0.3 is 0 Å². The van der Waals surface area contributed by atoms with Crippen molar-refractivity contribution in [3.8, 4) is 5.75 Å². The second-order valence-corrected chi connectivity index (χ2v) is 3.34. The van der Waals surface area contributed by atoms with Crippen molar-refractivity contribution in [2.75, 3.05) is 13.2 Å². The molecule has 1 atom stereocenters. The van der Waals surface area contributed by atoms with Crippen LogP contribution < -0.4 is 10.5 Å². The van der Waals surface area contributed by atoms with Crippen molar-refractivity contribution in [3.63, 3.8) is 0 Å². The van der Waals surface area contributed by atoms with E-state index in [1.165, 1.54) is 6.07 Å². The third kappa shape index (κ3) is 3.49. The van der Waals surface area contributed by atoms with Crippen LogP contribution in [0.15, 0.2) is 18.2 Å². The number of hydrogen-bond acceptors (Lipinski definition) is 3. The molecule has 0 aliphatic carbocycles. The second-order valence-electron chi connectivity index (χ2n) is 3.34. The van der Waals surface area contributed by atoms with Gasteiger partial charge in [0, 0.05) is 6.04 Å². The van der Waals surface area contributed by atoms with Gasteiger partial charge in [0.15, 0.2) is 11.6 Å². The first-order chi connectivity index (χ1) is 7.17. The van der Waals surface area contributed by atoms with Gasteiger partial charge in [-0.1, -0.05) is 6.07 Å². The van der Waals surface area contributed by atoms with Crippen molar-refractivity contribution in [1.82, 2.24) is 0 Å². The Hall–Kier alpha value is -1.13. The molecule has 0 saturated heterocycles. The van der Waals surface area contributed by atoms with Gasteiger partial charge in [0.05, 0.1) is 13.2 Å². The quantitative estimate of drug-likeness (QED) is 0.769. The molecular formula is C11H16FNO2. The topological polar surface area (TPSA) is 55.5 Å². The highest BCUT2D eigenvalue weighted by Gasteiger charge is 2.07. The molecule has 1 rings (SSSR count). The average molecular weight is 213 g/mol. The molecule has 1 aromatic carbocycles. The molecular weight excluding hydrogens is 197 g/mol. The molecule has 0 aliphatic rings. The lowest BCUT2D eigenvalue weighted by Crippen LogP contribution is -2.26. The van der Waals surface area contributed by atoms with Crippen molar-refractivity contribution in [3.05, 3.63) is 29.6 Å². The molecule has 0 heterocycles. The minimum Gasteiger partial charge on any atom is -0.491 e. The fraction of sp³-hybridized carbons (Fsp3) is 0.455. The first-order valence-electron chi connectivity index (χ1n) is 4.95.